The summed E-state index contributed by atoms with van der Waals surface area (Å²) < 4.78 is 0. The number of nitrogens with zero attached hydrogens (tertiary/aromatic N) is 1. The molecule has 0 aliphatic heterocycles. The van der Waals surface area contributed by atoms with Crippen molar-refractivity contribution in [1.29, 1.82) is 0 Å². The summed E-state index contributed by atoms with van der Waals surface area (Å²) in [6.45, 7) is 4.71. The summed E-state index contributed by atoms with van der Waals surface area (Å²) in [6, 6.07) is 0. The largest absolute Gasteiger partial charge is 0.259 e. The van der Waals surface area contributed by atoms with Crippen molar-refractivity contribution in [3.05, 3.63) is 0 Å². The highest BCUT2D eigenvalue weighted by Gasteiger charge is 2.16. The molecule has 0 heterocycles. The van der Waals surface area contributed by atoms with Crippen molar-refractivity contribution in [2.24, 2.45) is 11.8 Å². The van der Waals surface area contributed by atoms with Crippen molar-refractivity contribution >= 4 is 11.8 Å². The van der Waals surface area contributed by atoms with Crippen molar-refractivity contribution in [3.63, 3.8) is 0 Å². The van der Waals surface area contributed by atoms with Crippen molar-refractivity contribution in [2.75, 3.05) is 33.7 Å². The summed E-state index contributed by atoms with van der Waals surface area (Å²) in [5.74, 6) is 2.08. The van der Waals surface area contributed by atoms with E-state index in [1.807, 2.05) is 38.7 Å². The SMILES string of the molecule is CCC1CCCC(C)C1.CNN(C)C.CSC. The van der Waals surface area contributed by atoms with Crippen LogP contribution in [-0.4, -0.2) is 38.7 Å². The minimum Gasteiger partial charge on any atom is -0.259 e. The van der Waals surface area contributed by atoms with E-state index in [0.717, 1.165) is 11.8 Å². The lowest BCUT2D eigenvalue weighted by Crippen LogP contribution is -2.25. The van der Waals surface area contributed by atoms with E-state index < -0.39 is 0 Å². The minimum absolute atomic E-state index is 1.02. The van der Waals surface area contributed by atoms with Crippen LogP contribution in [-0.2, 0) is 0 Å². The molecule has 0 radical (unpaired) electrons. The van der Waals surface area contributed by atoms with Gasteiger partial charge in [0.25, 0.3) is 0 Å². The number of thioether (sulfide) groups is 1. The highest BCUT2D eigenvalue weighted by Crippen LogP contribution is 2.29. The zero-order valence-electron chi connectivity index (χ0n) is 13.0. The third-order valence-corrected chi connectivity index (χ3v) is 3.07. The first-order valence-electron chi connectivity index (χ1n) is 6.76. The van der Waals surface area contributed by atoms with Gasteiger partial charge in [0.05, 0.1) is 0 Å². The smallest absolute Gasteiger partial charge is 0.00128 e. The first-order valence-corrected chi connectivity index (χ1v) is 8.39. The van der Waals surface area contributed by atoms with Crippen molar-refractivity contribution in [2.45, 2.75) is 46.0 Å². The van der Waals surface area contributed by atoms with Gasteiger partial charge in [-0.3, -0.25) is 10.4 Å². The standard InChI is InChI=1S/C9H18.C3H10N2.C2H6S/c1-3-9-6-4-5-8(2)7-9;1-4-5(2)3;1-3-2/h8-9H,3-7H2,1-2H3;4H,1-3H3;1-2H3. The molecule has 0 bridgehead atoms. The van der Waals surface area contributed by atoms with E-state index >= 15 is 0 Å². The highest BCUT2D eigenvalue weighted by atomic mass is 32.2. The third kappa shape index (κ3) is 16.3. The quantitative estimate of drug-likeness (QED) is 0.760. The molecule has 0 amide bonds. The number of hydrazine groups is 1. The fourth-order valence-corrected chi connectivity index (χ4v) is 1.93. The van der Waals surface area contributed by atoms with E-state index in [-0.39, 0.29) is 0 Å². The second-order valence-corrected chi connectivity index (χ2v) is 5.89. The van der Waals surface area contributed by atoms with Gasteiger partial charge in [-0.15, -0.1) is 0 Å². The molecule has 2 nitrogen and oxygen atoms in total. The lowest BCUT2D eigenvalue weighted by Gasteiger charge is -2.25. The first kappa shape index (κ1) is 19.6. The van der Waals surface area contributed by atoms with Gasteiger partial charge in [0.1, 0.15) is 0 Å². The Hall–Kier alpha value is 0.270. The Morgan fingerprint density at radius 1 is 1.24 bits per heavy atom. The van der Waals surface area contributed by atoms with E-state index in [0.29, 0.717) is 0 Å². The van der Waals surface area contributed by atoms with Gasteiger partial charge in [0, 0.05) is 14.1 Å². The summed E-state index contributed by atoms with van der Waals surface area (Å²) in [5, 5.41) is 1.88. The van der Waals surface area contributed by atoms with Crippen LogP contribution in [0.15, 0.2) is 0 Å². The molecule has 0 aromatic carbocycles. The van der Waals surface area contributed by atoms with Gasteiger partial charge in [0.15, 0.2) is 0 Å². The Morgan fingerprint density at radius 3 is 1.94 bits per heavy atom. The van der Waals surface area contributed by atoms with Gasteiger partial charge in [-0.1, -0.05) is 39.5 Å². The average molecular weight is 263 g/mol. The predicted octanol–water partition coefficient (Wildman–Crippen LogP) is 3.88. The van der Waals surface area contributed by atoms with Gasteiger partial charge in [-0.25, -0.2) is 0 Å². The molecule has 106 valence electrons. The maximum atomic E-state index is 2.86. The zero-order valence-corrected chi connectivity index (χ0v) is 13.9. The summed E-state index contributed by atoms with van der Waals surface area (Å²) in [4.78, 5) is 0. The molecule has 0 aromatic rings. The fraction of sp³-hybridized carbons (Fsp3) is 1.00. The number of hydrogen-bond donors (Lipinski definition) is 1. The second-order valence-electron chi connectivity index (χ2n) is 5.07. The monoisotopic (exact) mass is 262 g/mol. The fourth-order valence-electron chi connectivity index (χ4n) is 1.93. The van der Waals surface area contributed by atoms with Crippen molar-refractivity contribution in [1.82, 2.24) is 10.4 Å². The van der Waals surface area contributed by atoms with E-state index in [1.54, 1.807) is 11.8 Å². The molecule has 0 saturated heterocycles. The topological polar surface area (TPSA) is 15.3 Å². The van der Waals surface area contributed by atoms with Crippen LogP contribution in [0.25, 0.3) is 0 Å². The van der Waals surface area contributed by atoms with Crippen LogP contribution >= 0.6 is 11.8 Å². The van der Waals surface area contributed by atoms with E-state index in [4.69, 9.17) is 0 Å². The predicted molar refractivity (Wildman–Crippen MR) is 83.6 cm³/mol. The van der Waals surface area contributed by atoms with E-state index in [9.17, 15) is 0 Å². The molecular formula is C14H34N2S. The maximum Gasteiger partial charge on any atom is 0.00128 e. The minimum atomic E-state index is 1.02. The molecule has 3 heteroatoms. The molecule has 1 aliphatic carbocycles. The third-order valence-electron chi connectivity index (χ3n) is 3.07. The molecule has 1 aliphatic rings. The van der Waals surface area contributed by atoms with E-state index in [1.165, 1.54) is 32.1 Å². The van der Waals surface area contributed by atoms with Gasteiger partial charge in [-0.2, -0.15) is 11.8 Å². The molecule has 0 aromatic heterocycles. The Morgan fingerprint density at radius 2 is 1.71 bits per heavy atom. The Kier molecular flexibility index (Phi) is 16.5. The van der Waals surface area contributed by atoms with Gasteiger partial charge in [-0.05, 0) is 37.8 Å². The highest BCUT2D eigenvalue weighted by molar-refractivity contribution is 7.97. The molecule has 2 atom stereocenters. The maximum absolute atomic E-state index is 2.86. The van der Waals surface area contributed by atoms with Crippen LogP contribution in [0, 0.1) is 11.8 Å². The lowest BCUT2D eigenvalue weighted by atomic mass is 9.81. The summed E-state index contributed by atoms with van der Waals surface area (Å²) in [6.07, 6.45) is 11.5. The number of hydrogen-bond acceptors (Lipinski definition) is 3. The Bertz CT molecular complexity index is 140. The summed E-state index contributed by atoms with van der Waals surface area (Å²) in [5.41, 5.74) is 2.86. The van der Waals surface area contributed by atoms with E-state index in [2.05, 4.69) is 19.3 Å². The lowest BCUT2D eigenvalue weighted by molar-refractivity contribution is 0.276. The molecule has 1 rings (SSSR count). The molecular weight excluding hydrogens is 228 g/mol. The molecule has 2 unspecified atom stereocenters. The molecule has 1 fully saturated rings. The van der Waals surface area contributed by atoms with Crippen LogP contribution in [0.2, 0.25) is 0 Å². The van der Waals surface area contributed by atoms with Crippen molar-refractivity contribution < 1.29 is 0 Å². The number of rotatable bonds is 2. The Balaban J connectivity index is 0. The van der Waals surface area contributed by atoms with Crippen LogP contribution in [0.1, 0.15) is 46.0 Å². The zero-order chi connectivity index (χ0) is 13.7. The van der Waals surface area contributed by atoms with Gasteiger partial charge < -0.3 is 0 Å². The molecule has 0 spiro atoms. The van der Waals surface area contributed by atoms with Crippen LogP contribution in [0.5, 0.6) is 0 Å². The average Bonchev–Trinajstić information content (AvgIpc) is 2.31. The van der Waals surface area contributed by atoms with Crippen LogP contribution < -0.4 is 5.43 Å². The summed E-state index contributed by atoms with van der Waals surface area (Å²) >= 11 is 1.75. The van der Waals surface area contributed by atoms with Gasteiger partial charge in [0.2, 0.25) is 0 Å². The van der Waals surface area contributed by atoms with Crippen LogP contribution in [0.3, 0.4) is 0 Å². The Labute approximate surface area is 114 Å². The molecule has 1 saturated carbocycles. The van der Waals surface area contributed by atoms with Gasteiger partial charge >= 0.3 is 0 Å². The second kappa shape index (κ2) is 14.3. The molecule has 1 N–H and O–H groups in total. The number of nitrogens with one attached hydrogen (secondary N) is 1. The first-order chi connectivity index (χ1) is 8.01. The normalized spacial score (nSPS) is 23.3. The van der Waals surface area contributed by atoms with Crippen molar-refractivity contribution in [3.8, 4) is 0 Å². The summed E-state index contributed by atoms with van der Waals surface area (Å²) in [7, 11) is 5.76. The molecule has 17 heavy (non-hydrogen) atoms. The van der Waals surface area contributed by atoms with Crippen LogP contribution in [0.4, 0.5) is 0 Å².